The quantitative estimate of drug-likeness (QED) is 0.666. The Morgan fingerprint density at radius 1 is 1.21 bits per heavy atom. The number of hydrogen-bond acceptors (Lipinski definition) is 4. The number of carbonyl (C=O) groups is 1. The number of likely N-dealkylation sites (N-methyl/N-ethyl adjacent to an activating group) is 1. The van der Waals surface area contributed by atoms with Crippen molar-refractivity contribution < 1.29 is 9.21 Å². The maximum absolute atomic E-state index is 12.2. The van der Waals surface area contributed by atoms with Crippen LogP contribution in [0.15, 0.2) is 76.3 Å². The maximum Gasteiger partial charge on any atom is 0.287 e. The van der Waals surface area contributed by atoms with E-state index in [1.165, 1.54) is 6.26 Å². The first kappa shape index (κ1) is 21.0. The summed E-state index contributed by atoms with van der Waals surface area (Å²) in [7, 11) is 2.01. The zero-order chi connectivity index (χ0) is 19.5. The summed E-state index contributed by atoms with van der Waals surface area (Å²) in [5.41, 5.74) is 3.97. The number of anilines is 1. The molecule has 0 bridgehead atoms. The van der Waals surface area contributed by atoms with Crippen LogP contribution >= 0.6 is 24.0 Å². The molecule has 0 radical (unpaired) electrons. The van der Waals surface area contributed by atoms with E-state index in [4.69, 9.17) is 21.0 Å². The molecule has 0 saturated heterocycles. The van der Waals surface area contributed by atoms with E-state index in [0.717, 1.165) is 22.5 Å². The highest BCUT2D eigenvalue weighted by molar-refractivity contribution is 6.31. The summed E-state index contributed by atoms with van der Waals surface area (Å²) in [4.78, 5) is 19.3. The standard InChI is InChI=1S/C22H20ClN3O2.ClH/c1-26-17(14-25-22(27)20-8-5-11-28-20)13-24-21(15-6-3-2-4-7-15)18-12-16(23)9-10-19(18)26;/h2-12,17H,13-14H2,1H3,(H,25,27);1H. The molecule has 1 aliphatic heterocycles. The SMILES string of the molecule is CN1c2ccc(Cl)cc2C(c2ccccc2)=NCC1CNC(=O)c1ccco1.Cl. The molecule has 1 amide bonds. The van der Waals surface area contributed by atoms with E-state index < -0.39 is 0 Å². The van der Waals surface area contributed by atoms with E-state index in [1.54, 1.807) is 12.1 Å². The van der Waals surface area contributed by atoms with Crippen molar-refractivity contribution in [2.24, 2.45) is 4.99 Å². The van der Waals surface area contributed by atoms with Gasteiger partial charge in [0.05, 0.1) is 24.6 Å². The van der Waals surface area contributed by atoms with Crippen molar-refractivity contribution in [3.8, 4) is 0 Å². The van der Waals surface area contributed by atoms with Crippen molar-refractivity contribution in [1.82, 2.24) is 5.32 Å². The Labute approximate surface area is 180 Å². The van der Waals surface area contributed by atoms with Crippen LogP contribution < -0.4 is 10.2 Å². The minimum absolute atomic E-state index is 0. The predicted molar refractivity (Wildman–Crippen MR) is 119 cm³/mol. The summed E-state index contributed by atoms with van der Waals surface area (Å²) in [5, 5.41) is 3.61. The molecule has 1 N–H and O–H groups in total. The van der Waals surface area contributed by atoms with Crippen molar-refractivity contribution in [3.63, 3.8) is 0 Å². The van der Waals surface area contributed by atoms with Gasteiger partial charge in [0.15, 0.2) is 5.76 Å². The van der Waals surface area contributed by atoms with Crippen LogP contribution in [0.1, 0.15) is 21.7 Å². The number of carbonyl (C=O) groups excluding carboxylic acids is 1. The second-order valence-corrected chi connectivity index (χ2v) is 7.11. The van der Waals surface area contributed by atoms with Crippen LogP contribution in [-0.4, -0.2) is 37.8 Å². The summed E-state index contributed by atoms with van der Waals surface area (Å²) in [5.74, 6) is 0.0724. The molecule has 3 aromatic rings. The third-order valence-corrected chi connectivity index (χ3v) is 5.13. The molecule has 29 heavy (non-hydrogen) atoms. The van der Waals surface area contributed by atoms with Gasteiger partial charge in [-0.1, -0.05) is 41.9 Å². The first-order chi connectivity index (χ1) is 13.6. The monoisotopic (exact) mass is 429 g/mol. The van der Waals surface area contributed by atoms with E-state index in [-0.39, 0.29) is 24.4 Å². The van der Waals surface area contributed by atoms with Crippen molar-refractivity contribution in [2.45, 2.75) is 6.04 Å². The van der Waals surface area contributed by atoms with Gasteiger partial charge in [0, 0.05) is 35.4 Å². The second kappa shape index (κ2) is 9.16. The van der Waals surface area contributed by atoms with Gasteiger partial charge in [0.1, 0.15) is 0 Å². The highest BCUT2D eigenvalue weighted by atomic mass is 35.5. The number of nitrogens with one attached hydrogen (secondary N) is 1. The number of fused-ring (bicyclic) bond motifs is 1. The molecular weight excluding hydrogens is 409 g/mol. The van der Waals surface area contributed by atoms with Crippen LogP contribution in [0.25, 0.3) is 0 Å². The first-order valence-electron chi connectivity index (χ1n) is 9.08. The van der Waals surface area contributed by atoms with Gasteiger partial charge in [0.25, 0.3) is 5.91 Å². The minimum atomic E-state index is -0.230. The summed E-state index contributed by atoms with van der Waals surface area (Å²) in [6.07, 6.45) is 1.49. The molecule has 0 aliphatic carbocycles. The van der Waals surface area contributed by atoms with Crippen molar-refractivity contribution in [3.05, 3.63) is 88.8 Å². The lowest BCUT2D eigenvalue weighted by atomic mass is 10.0. The number of halogens is 2. The van der Waals surface area contributed by atoms with Gasteiger partial charge in [-0.15, -0.1) is 12.4 Å². The number of nitrogens with zero attached hydrogens (tertiary/aromatic N) is 2. The molecule has 5 nitrogen and oxygen atoms in total. The topological polar surface area (TPSA) is 57.8 Å². The van der Waals surface area contributed by atoms with E-state index in [1.807, 2.05) is 55.6 Å². The Morgan fingerprint density at radius 2 is 2.00 bits per heavy atom. The van der Waals surface area contributed by atoms with Gasteiger partial charge in [-0.3, -0.25) is 9.79 Å². The summed E-state index contributed by atoms with van der Waals surface area (Å²) < 4.78 is 5.16. The molecule has 1 unspecified atom stereocenters. The molecule has 4 rings (SSSR count). The number of benzene rings is 2. The van der Waals surface area contributed by atoms with Gasteiger partial charge >= 0.3 is 0 Å². The van der Waals surface area contributed by atoms with E-state index in [0.29, 0.717) is 23.9 Å². The highest BCUT2D eigenvalue weighted by Gasteiger charge is 2.25. The largest absolute Gasteiger partial charge is 0.459 e. The van der Waals surface area contributed by atoms with Crippen LogP contribution in [0, 0.1) is 0 Å². The smallest absolute Gasteiger partial charge is 0.287 e. The van der Waals surface area contributed by atoms with E-state index in [9.17, 15) is 4.79 Å². The van der Waals surface area contributed by atoms with Gasteiger partial charge in [-0.05, 0) is 30.3 Å². The van der Waals surface area contributed by atoms with Gasteiger partial charge in [0.2, 0.25) is 0 Å². The Bertz CT molecular complexity index is 1000. The van der Waals surface area contributed by atoms with Crippen molar-refractivity contribution in [1.29, 1.82) is 0 Å². The number of aliphatic imine (C=N–C) groups is 1. The van der Waals surface area contributed by atoms with Gasteiger partial charge in [-0.25, -0.2) is 0 Å². The fourth-order valence-electron chi connectivity index (χ4n) is 3.36. The molecule has 2 aromatic carbocycles. The Balaban J connectivity index is 0.00000240. The zero-order valence-corrected chi connectivity index (χ0v) is 17.4. The molecule has 150 valence electrons. The van der Waals surface area contributed by atoms with Gasteiger partial charge in [-0.2, -0.15) is 0 Å². The number of rotatable bonds is 4. The lowest BCUT2D eigenvalue weighted by Crippen LogP contribution is -2.43. The molecule has 1 aromatic heterocycles. The molecular formula is C22H21Cl2N3O2. The molecule has 2 heterocycles. The lowest BCUT2D eigenvalue weighted by Gasteiger charge is -2.28. The average molecular weight is 430 g/mol. The summed E-state index contributed by atoms with van der Waals surface area (Å²) in [6, 6.07) is 19.2. The zero-order valence-electron chi connectivity index (χ0n) is 15.8. The van der Waals surface area contributed by atoms with Crippen molar-refractivity contribution in [2.75, 3.05) is 25.0 Å². The highest BCUT2D eigenvalue weighted by Crippen LogP contribution is 2.30. The average Bonchev–Trinajstić information content (AvgIpc) is 3.21. The normalized spacial score (nSPS) is 15.6. The fraction of sp³-hybridized carbons (Fsp3) is 0.182. The predicted octanol–water partition coefficient (Wildman–Crippen LogP) is 4.44. The number of benzodiazepines with no additional fused rings is 1. The summed E-state index contributed by atoms with van der Waals surface area (Å²) in [6.45, 7) is 0.995. The Hall–Kier alpha value is -2.76. The molecule has 0 saturated carbocycles. The molecule has 1 aliphatic rings. The lowest BCUT2D eigenvalue weighted by molar-refractivity contribution is 0.0923. The fourth-order valence-corrected chi connectivity index (χ4v) is 3.53. The first-order valence-corrected chi connectivity index (χ1v) is 9.45. The van der Waals surface area contributed by atoms with E-state index in [2.05, 4.69) is 10.2 Å². The molecule has 1 atom stereocenters. The van der Waals surface area contributed by atoms with Crippen LogP contribution in [0.4, 0.5) is 5.69 Å². The number of hydrogen-bond donors (Lipinski definition) is 1. The third-order valence-electron chi connectivity index (χ3n) is 4.89. The molecule has 0 fully saturated rings. The van der Waals surface area contributed by atoms with Crippen LogP contribution in [0.3, 0.4) is 0 Å². The Morgan fingerprint density at radius 3 is 2.72 bits per heavy atom. The van der Waals surface area contributed by atoms with E-state index >= 15 is 0 Å². The minimum Gasteiger partial charge on any atom is -0.459 e. The number of amides is 1. The van der Waals surface area contributed by atoms with Crippen LogP contribution in [-0.2, 0) is 0 Å². The maximum atomic E-state index is 12.2. The van der Waals surface area contributed by atoms with Gasteiger partial charge < -0.3 is 14.6 Å². The molecule has 0 spiro atoms. The Kier molecular flexibility index (Phi) is 6.62. The van der Waals surface area contributed by atoms with Crippen molar-refractivity contribution >= 4 is 41.3 Å². The van der Waals surface area contributed by atoms with Crippen LogP contribution in [0.5, 0.6) is 0 Å². The third kappa shape index (κ3) is 4.47. The summed E-state index contributed by atoms with van der Waals surface area (Å²) >= 11 is 6.29. The second-order valence-electron chi connectivity index (χ2n) is 6.67. The van der Waals surface area contributed by atoms with Crippen LogP contribution in [0.2, 0.25) is 5.02 Å². The molecule has 7 heteroatoms. The number of furan rings is 1.